The Bertz CT molecular complexity index is 356. The summed E-state index contributed by atoms with van der Waals surface area (Å²) < 4.78 is 11.7. The lowest BCUT2D eigenvalue weighted by Gasteiger charge is -2.12. The van der Waals surface area contributed by atoms with Crippen molar-refractivity contribution in [2.45, 2.75) is 32.9 Å². The lowest BCUT2D eigenvalue weighted by molar-refractivity contribution is 0.194. The molecule has 4 heteroatoms. The number of ether oxygens (including phenoxy) is 2. The Hall–Kier alpha value is -0.580. The molecule has 102 valence electrons. The summed E-state index contributed by atoms with van der Waals surface area (Å²) in [5.41, 5.74) is 1.25. The fourth-order valence-electron chi connectivity index (χ4n) is 1.58. The molecule has 0 amide bonds. The molecule has 0 unspecified atom stereocenters. The Morgan fingerprint density at radius 2 is 2.11 bits per heavy atom. The maximum Gasteiger partial charge on any atom is 0.133 e. The minimum atomic E-state index is 0.194. The first kappa shape index (κ1) is 15.5. The second-order valence-corrected chi connectivity index (χ2v) is 5.31. The van der Waals surface area contributed by atoms with Gasteiger partial charge in [0, 0.05) is 20.3 Å². The molecule has 0 aliphatic rings. The van der Waals surface area contributed by atoms with Gasteiger partial charge in [0.2, 0.25) is 0 Å². The van der Waals surface area contributed by atoms with Crippen LogP contribution in [0.4, 0.5) is 0 Å². The minimum absolute atomic E-state index is 0.194. The predicted molar refractivity (Wildman–Crippen MR) is 78.1 cm³/mol. The summed E-state index contributed by atoms with van der Waals surface area (Å²) in [6.07, 6.45) is 1.23. The van der Waals surface area contributed by atoms with E-state index < -0.39 is 0 Å². The van der Waals surface area contributed by atoms with Crippen molar-refractivity contribution in [3.63, 3.8) is 0 Å². The number of methoxy groups -OCH3 is 1. The van der Waals surface area contributed by atoms with Gasteiger partial charge in [-0.15, -0.1) is 0 Å². The normalized spacial score (nSPS) is 10.9. The minimum Gasteiger partial charge on any atom is -0.490 e. The van der Waals surface area contributed by atoms with Crippen molar-refractivity contribution in [1.29, 1.82) is 0 Å². The molecule has 0 aliphatic carbocycles. The van der Waals surface area contributed by atoms with Crippen LogP contribution >= 0.6 is 15.9 Å². The molecule has 0 saturated carbocycles. The summed E-state index contributed by atoms with van der Waals surface area (Å²) in [6.45, 7) is 6.69. The van der Waals surface area contributed by atoms with Crippen molar-refractivity contribution in [3.8, 4) is 5.75 Å². The zero-order valence-electron chi connectivity index (χ0n) is 11.3. The van der Waals surface area contributed by atoms with E-state index in [1.807, 2.05) is 19.9 Å². The number of halogens is 1. The fraction of sp³-hybridized carbons (Fsp3) is 0.571. The van der Waals surface area contributed by atoms with Gasteiger partial charge in [-0.25, -0.2) is 0 Å². The van der Waals surface area contributed by atoms with Crippen LogP contribution in [0.25, 0.3) is 0 Å². The first-order valence-corrected chi connectivity index (χ1v) is 7.07. The molecule has 0 aromatic heterocycles. The van der Waals surface area contributed by atoms with E-state index in [2.05, 4.69) is 33.4 Å². The zero-order chi connectivity index (χ0) is 13.4. The highest BCUT2D eigenvalue weighted by atomic mass is 79.9. The van der Waals surface area contributed by atoms with E-state index in [1.165, 1.54) is 5.56 Å². The van der Waals surface area contributed by atoms with Crippen molar-refractivity contribution < 1.29 is 9.47 Å². The van der Waals surface area contributed by atoms with Gasteiger partial charge in [-0.05, 0) is 60.4 Å². The van der Waals surface area contributed by atoms with Gasteiger partial charge in [-0.1, -0.05) is 6.07 Å². The van der Waals surface area contributed by atoms with Crippen LogP contribution in [0, 0.1) is 0 Å². The van der Waals surface area contributed by atoms with E-state index in [4.69, 9.17) is 9.47 Å². The van der Waals surface area contributed by atoms with Crippen LogP contribution in [0.3, 0.4) is 0 Å². The smallest absolute Gasteiger partial charge is 0.133 e. The first-order chi connectivity index (χ1) is 8.63. The van der Waals surface area contributed by atoms with Crippen molar-refractivity contribution in [3.05, 3.63) is 28.2 Å². The topological polar surface area (TPSA) is 30.5 Å². The van der Waals surface area contributed by atoms with E-state index in [0.717, 1.165) is 36.3 Å². The summed E-state index contributed by atoms with van der Waals surface area (Å²) in [5.74, 6) is 0.896. The van der Waals surface area contributed by atoms with Gasteiger partial charge >= 0.3 is 0 Å². The lowest BCUT2D eigenvalue weighted by atomic mass is 10.2. The molecule has 1 rings (SSSR count). The van der Waals surface area contributed by atoms with Crippen molar-refractivity contribution >= 4 is 15.9 Å². The monoisotopic (exact) mass is 315 g/mol. The van der Waals surface area contributed by atoms with E-state index in [1.54, 1.807) is 7.11 Å². The first-order valence-electron chi connectivity index (χ1n) is 6.28. The van der Waals surface area contributed by atoms with E-state index in [0.29, 0.717) is 0 Å². The molecule has 0 saturated heterocycles. The highest BCUT2D eigenvalue weighted by Crippen LogP contribution is 2.26. The number of benzene rings is 1. The Balaban J connectivity index is 2.41. The number of nitrogens with one attached hydrogen (secondary N) is 1. The van der Waals surface area contributed by atoms with Crippen molar-refractivity contribution in [2.24, 2.45) is 0 Å². The number of hydrogen-bond donors (Lipinski definition) is 1. The fourth-order valence-corrected chi connectivity index (χ4v) is 2.10. The van der Waals surface area contributed by atoms with Gasteiger partial charge in [-0.2, -0.15) is 0 Å². The second-order valence-electron chi connectivity index (χ2n) is 4.45. The third-order valence-corrected chi connectivity index (χ3v) is 3.01. The van der Waals surface area contributed by atoms with Crippen LogP contribution in [0.15, 0.2) is 22.7 Å². The van der Waals surface area contributed by atoms with E-state index >= 15 is 0 Å². The highest BCUT2D eigenvalue weighted by molar-refractivity contribution is 9.10. The lowest BCUT2D eigenvalue weighted by Crippen LogP contribution is -2.16. The van der Waals surface area contributed by atoms with Crippen molar-refractivity contribution in [2.75, 3.05) is 20.3 Å². The van der Waals surface area contributed by atoms with Crippen LogP contribution in [0.5, 0.6) is 5.75 Å². The molecule has 0 atom stereocenters. The third-order valence-electron chi connectivity index (χ3n) is 2.39. The molecule has 0 heterocycles. The van der Waals surface area contributed by atoms with Gasteiger partial charge in [0.1, 0.15) is 5.75 Å². The Labute approximate surface area is 118 Å². The largest absolute Gasteiger partial charge is 0.490 e. The zero-order valence-corrected chi connectivity index (χ0v) is 12.9. The average Bonchev–Trinajstić information content (AvgIpc) is 2.32. The molecule has 18 heavy (non-hydrogen) atoms. The average molecular weight is 316 g/mol. The maximum absolute atomic E-state index is 5.67. The maximum atomic E-state index is 5.67. The molecule has 0 spiro atoms. The van der Waals surface area contributed by atoms with Gasteiger partial charge in [-0.3, -0.25) is 0 Å². The highest BCUT2D eigenvalue weighted by Gasteiger charge is 2.04. The van der Waals surface area contributed by atoms with Gasteiger partial charge in [0.05, 0.1) is 10.6 Å². The summed E-state index contributed by atoms with van der Waals surface area (Å²) in [5, 5.41) is 3.38. The molecule has 3 nitrogen and oxygen atoms in total. The summed E-state index contributed by atoms with van der Waals surface area (Å²) in [4.78, 5) is 0. The van der Waals surface area contributed by atoms with Crippen LogP contribution in [0.1, 0.15) is 25.8 Å². The molecule has 0 bridgehead atoms. The summed E-state index contributed by atoms with van der Waals surface area (Å²) in [6, 6.07) is 6.20. The van der Waals surface area contributed by atoms with E-state index in [-0.39, 0.29) is 6.10 Å². The molecule has 0 fully saturated rings. The van der Waals surface area contributed by atoms with Crippen LogP contribution < -0.4 is 10.1 Å². The summed E-state index contributed by atoms with van der Waals surface area (Å²) >= 11 is 3.54. The molecule has 1 aromatic rings. The molecule has 1 N–H and O–H groups in total. The Kier molecular flexibility index (Phi) is 7.32. The van der Waals surface area contributed by atoms with Gasteiger partial charge in [0.15, 0.2) is 0 Å². The number of hydrogen-bond acceptors (Lipinski definition) is 3. The molecular weight excluding hydrogens is 294 g/mol. The second kappa shape index (κ2) is 8.51. The molecular formula is C14H22BrNO2. The standard InChI is InChI=1S/C14H22BrNO2/c1-11(2)18-14-6-5-12(9-13(14)15)10-16-7-4-8-17-3/h5-6,9,11,16H,4,7-8,10H2,1-3H3. The summed E-state index contributed by atoms with van der Waals surface area (Å²) in [7, 11) is 1.73. The Morgan fingerprint density at radius 3 is 2.72 bits per heavy atom. The molecule has 1 aromatic carbocycles. The van der Waals surface area contributed by atoms with Crippen molar-refractivity contribution in [1.82, 2.24) is 5.32 Å². The van der Waals surface area contributed by atoms with Crippen LogP contribution in [-0.4, -0.2) is 26.4 Å². The third kappa shape index (κ3) is 5.85. The molecule has 0 radical (unpaired) electrons. The van der Waals surface area contributed by atoms with Gasteiger partial charge in [0.25, 0.3) is 0 Å². The molecule has 0 aliphatic heterocycles. The van der Waals surface area contributed by atoms with Crippen LogP contribution in [0.2, 0.25) is 0 Å². The quantitative estimate of drug-likeness (QED) is 0.746. The SMILES string of the molecule is COCCCNCc1ccc(OC(C)C)c(Br)c1. The van der Waals surface area contributed by atoms with Gasteiger partial charge < -0.3 is 14.8 Å². The van der Waals surface area contributed by atoms with Crippen LogP contribution in [-0.2, 0) is 11.3 Å². The number of rotatable bonds is 8. The predicted octanol–water partition coefficient (Wildman–Crippen LogP) is 3.36. The van der Waals surface area contributed by atoms with E-state index in [9.17, 15) is 0 Å². The Morgan fingerprint density at radius 1 is 1.33 bits per heavy atom.